The SMILES string of the molecule is Cc1ccnc(NC(=O)c2ccc(CN)cn2)c1. The first-order chi connectivity index (χ1) is 8.69. The molecule has 0 aliphatic carbocycles. The van der Waals surface area contributed by atoms with Crippen molar-refractivity contribution in [2.75, 3.05) is 5.32 Å². The molecule has 0 spiro atoms. The van der Waals surface area contributed by atoms with Crippen molar-refractivity contribution in [3.05, 3.63) is 53.5 Å². The van der Waals surface area contributed by atoms with Crippen LogP contribution in [0.15, 0.2) is 36.7 Å². The van der Waals surface area contributed by atoms with Crippen LogP contribution < -0.4 is 11.1 Å². The standard InChI is InChI=1S/C13H14N4O/c1-9-4-5-15-12(6-9)17-13(18)11-3-2-10(7-14)8-16-11/h2-6,8H,7,14H2,1H3,(H,15,17,18). The van der Waals surface area contributed by atoms with E-state index in [0.29, 0.717) is 18.1 Å². The number of carbonyl (C=O) groups excluding carboxylic acids is 1. The molecule has 2 aromatic rings. The molecule has 18 heavy (non-hydrogen) atoms. The first kappa shape index (κ1) is 12.2. The Morgan fingerprint density at radius 3 is 2.78 bits per heavy atom. The van der Waals surface area contributed by atoms with Gasteiger partial charge in [-0.1, -0.05) is 6.07 Å². The van der Waals surface area contributed by atoms with Gasteiger partial charge in [-0.2, -0.15) is 0 Å². The van der Waals surface area contributed by atoms with Crippen molar-refractivity contribution in [3.8, 4) is 0 Å². The molecule has 92 valence electrons. The van der Waals surface area contributed by atoms with Crippen molar-refractivity contribution in [1.29, 1.82) is 0 Å². The summed E-state index contributed by atoms with van der Waals surface area (Å²) in [5.74, 6) is 0.237. The Bertz CT molecular complexity index is 551. The second-order valence-corrected chi connectivity index (χ2v) is 3.93. The largest absolute Gasteiger partial charge is 0.326 e. The lowest BCUT2D eigenvalue weighted by Gasteiger charge is -2.04. The van der Waals surface area contributed by atoms with Crippen molar-refractivity contribution in [2.45, 2.75) is 13.5 Å². The van der Waals surface area contributed by atoms with E-state index in [1.807, 2.05) is 13.0 Å². The minimum Gasteiger partial charge on any atom is -0.326 e. The van der Waals surface area contributed by atoms with Gasteiger partial charge in [-0.15, -0.1) is 0 Å². The summed E-state index contributed by atoms with van der Waals surface area (Å²) in [7, 11) is 0. The maximum absolute atomic E-state index is 11.9. The molecule has 0 saturated heterocycles. The Hall–Kier alpha value is -2.27. The number of nitrogens with zero attached hydrogens (tertiary/aromatic N) is 2. The molecule has 0 radical (unpaired) electrons. The van der Waals surface area contributed by atoms with Crippen molar-refractivity contribution in [2.24, 2.45) is 5.73 Å². The number of aryl methyl sites for hydroxylation is 1. The minimum atomic E-state index is -0.281. The highest BCUT2D eigenvalue weighted by molar-refractivity contribution is 6.02. The summed E-state index contributed by atoms with van der Waals surface area (Å²) < 4.78 is 0. The molecule has 0 atom stereocenters. The number of hydrogen-bond acceptors (Lipinski definition) is 4. The van der Waals surface area contributed by atoms with Gasteiger partial charge >= 0.3 is 0 Å². The molecule has 5 heteroatoms. The van der Waals surface area contributed by atoms with E-state index >= 15 is 0 Å². The number of anilines is 1. The van der Waals surface area contributed by atoms with Crippen LogP contribution in [0.4, 0.5) is 5.82 Å². The van der Waals surface area contributed by atoms with Crippen LogP contribution in [0.3, 0.4) is 0 Å². The Labute approximate surface area is 105 Å². The number of amides is 1. The third kappa shape index (κ3) is 2.89. The Morgan fingerprint density at radius 2 is 2.17 bits per heavy atom. The van der Waals surface area contributed by atoms with E-state index < -0.39 is 0 Å². The predicted molar refractivity (Wildman–Crippen MR) is 69.1 cm³/mol. The van der Waals surface area contributed by atoms with E-state index in [1.165, 1.54) is 0 Å². The number of aromatic nitrogens is 2. The number of carbonyl (C=O) groups is 1. The van der Waals surface area contributed by atoms with E-state index in [4.69, 9.17) is 5.73 Å². The van der Waals surface area contributed by atoms with Crippen LogP contribution in [0.5, 0.6) is 0 Å². The maximum atomic E-state index is 11.9. The van der Waals surface area contributed by atoms with Crippen LogP contribution in [-0.2, 0) is 6.54 Å². The first-order valence-corrected chi connectivity index (χ1v) is 5.58. The van der Waals surface area contributed by atoms with Crippen LogP contribution in [0.25, 0.3) is 0 Å². The fourth-order valence-corrected chi connectivity index (χ4v) is 1.46. The smallest absolute Gasteiger partial charge is 0.275 e. The maximum Gasteiger partial charge on any atom is 0.275 e. The third-order valence-corrected chi connectivity index (χ3v) is 2.45. The average molecular weight is 242 g/mol. The lowest BCUT2D eigenvalue weighted by Crippen LogP contribution is -2.14. The monoisotopic (exact) mass is 242 g/mol. The highest BCUT2D eigenvalue weighted by atomic mass is 16.1. The molecule has 5 nitrogen and oxygen atoms in total. The Morgan fingerprint density at radius 1 is 1.33 bits per heavy atom. The van der Waals surface area contributed by atoms with Crippen LogP contribution in [0.2, 0.25) is 0 Å². The van der Waals surface area contributed by atoms with Gasteiger partial charge in [0.1, 0.15) is 11.5 Å². The fourth-order valence-electron chi connectivity index (χ4n) is 1.46. The quantitative estimate of drug-likeness (QED) is 0.854. The van der Waals surface area contributed by atoms with Gasteiger partial charge in [0, 0.05) is 18.9 Å². The summed E-state index contributed by atoms with van der Waals surface area (Å²) in [6.45, 7) is 2.35. The van der Waals surface area contributed by atoms with Gasteiger partial charge in [0.2, 0.25) is 0 Å². The van der Waals surface area contributed by atoms with Crippen LogP contribution in [-0.4, -0.2) is 15.9 Å². The molecule has 0 unspecified atom stereocenters. The second-order valence-electron chi connectivity index (χ2n) is 3.93. The molecule has 2 aromatic heterocycles. The number of hydrogen-bond donors (Lipinski definition) is 2. The zero-order valence-corrected chi connectivity index (χ0v) is 10.1. The first-order valence-electron chi connectivity index (χ1n) is 5.58. The minimum absolute atomic E-state index is 0.281. The molecule has 0 bridgehead atoms. The number of pyridine rings is 2. The van der Waals surface area contributed by atoms with Crippen molar-refractivity contribution in [3.63, 3.8) is 0 Å². The van der Waals surface area contributed by atoms with E-state index in [2.05, 4.69) is 15.3 Å². The summed E-state index contributed by atoms with van der Waals surface area (Å²) in [6, 6.07) is 7.09. The molecule has 0 fully saturated rings. The lowest BCUT2D eigenvalue weighted by atomic mass is 10.2. The number of rotatable bonds is 3. The summed E-state index contributed by atoms with van der Waals surface area (Å²) in [5, 5.41) is 2.69. The molecule has 2 rings (SSSR count). The topological polar surface area (TPSA) is 80.9 Å². The Kier molecular flexibility index (Phi) is 3.64. The highest BCUT2D eigenvalue weighted by Gasteiger charge is 2.07. The molecule has 0 saturated carbocycles. The normalized spacial score (nSPS) is 10.1. The summed E-state index contributed by atoms with van der Waals surface area (Å²) in [6.07, 6.45) is 3.24. The van der Waals surface area contributed by atoms with Crippen molar-refractivity contribution < 1.29 is 4.79 Å². The molecular formula is C13H14N4O. The van der Waals surface area contributed by atoms with Gasteiger partial charge < -0.3 is 11.1 Å². The molecule has 0 aromatic carbocycles. The molecule has 3 N–H and O–H groups in total. The van der Waals surface area contributed by atoms with E-state index in [0.717, 1.165) is 11.1 Å². The molecule has 0 aliphatic heterocycles. The molecular weight excluding hydrogens is 228 g/mol. The molecule has 2 heterocycles. The van der Waals surface area contributed by atoms with Gasteiger partial charge in [0.25, 0.3) is 5.91 Å². The number of nitrogens with one attached hydrogen (secondary N) is 1. The van der Waals surface area contributed by atoms with E-state index in [9.17, 15) is 4.79 Å². The third-order valence-electron chi connectivity index (χ3n) is 2.45. The summed E-state index contributed by atoms with van der Waals surface area (Å²) in [5.41, 5.74) is 7.73. The van der Waals surface area contributed by atoms with Gasteiger partial charge in [-0.25, -0.2) is 4.98 Å². The van der Waals surface area contributed by atoms with Gasteiger partial charge in [-0.05, 0) is 36.2 Å². The van der Waals surface area contributed by atoms with E-state index in [1.54, 1.807) is 30.6 Å². The molecule has 0 aliphatic rings. The van der Waals surface area contributed by atoms with Crippen LogP contribution >= 0.6 is 0 Å². The second kappa shape index (κ2) is 5.37. The molecule has 1 amide bonds. The van der Waals surface area contributed by atoms with Gasteiger partial charge in [0.15, 0.2) is 0 Å². The fraction of sp³-hybridized carbons (Fsp3) is 0.154. The number of nitrogens with two attached hydrogens (primary N) is 1. The van der Waals surface area contributed by atoms with E-state index in [-0.39, 0.29) is 5.91 Å². The lowest BCUT2D eigenvalue weighted by molar-refractivity contribution is 0.102. The summed E-state index contributed by atoms with van der Waals surface area (Å²) in [4.78, 5) is 20.0. The highest BCUT2D eigenvalue weighted by Crippen LogP contribution is 2.07. The zero-order chi connectivity index (χ0) is 13.0. The van der Waals surface area contributed by atoms with Crippen molar-refractivity contribution in [1.82, 2.24) is 9.97 Å². The van der Waals surface area contributed by atoms with Crippen molar-refractivity contribution >= 4 is 11.7 Å². The summed E-state index contributed by atoms with van der Waals surface area (Å²) >= 11 is 0. The van der Waals surface area contributed by atoms with Crippen LogP contribution in [0, 0.1) is 6.92 Å². The van der Waals surface area contributed by atoms with Crippen LogP contribution in [0.1, 0.15) is 21.6 Å². The van der Waals surface area contributed by atoms with Gasteiger partial charge in [-0.3, -0.25) is 9.78 Å². The average Bonchev–Trinajstić information content (AvgIpc) is 2.39. The predicted octanol–water partition coefficient (Wildman–Crippen LogP) is 1.50. The zero-order valence-electron chi connectivity index (χ0n) is 10.1. The van der Waals surface area contributed by atoms with Gasteiger partial charge in [0.05, 0.1) is 0 Å². The Balaban J connectivity index is 2.11.